The number of carbonyl (C=O) groups is 1. The Balaban J connectivity index is 1.60. The summed E-state index contributed by atoms with van der Waals surface area (Å²) in [5.41, 5.74) is -0.538. The predicted octanol–water partition coefficient (Wildman–Crippen LogP) is 5.40. The number of rotatable bonds is 9. The molecule has 0 aliphatic carbocycles. The van der Waals surface area contributed by atoms with E-state index in [-0.39, 0.29) is 26.4 Å². The number of anilines is 3. The van der Waals surface area contributed by atoms with E-state index in [0.717, 1.165) is 6.07 Å². The minimum Gasteiger partial charge on any atom is -0.325 e. The number of hydrogen-bond acceptors (Lipinski definition) is 7. The molecule has 43 heavy (non-hydrogen) atoms. The number of carbonyl (C=O) groups excluding carboxylic acids is 1. The molecule has 1 aromatic heterocycles. The first-order chi connectivity index (χ1) is 20.1. The number of alkyl halides is 3. The standard InChI is InChI=1S/C27H23ClF3N5O5S2/c1-17-14-18(2)33-26(32-17)35-42(38,39)21-11-9-20(10-12-21)34-25(37)16-36(43(40,41)22-6-4-3-5-7-22)24-15-19(27(29,30)31)8-13-23(24)28/h3-15H,16H2,1-2H3,(H,34,37)(H,32,33,35). The average Bonchev–Trinajstić information content (AvgIpc) is 2.91. The molecule has 1 amide bonds. The molecule has 4 aromatic rings. The first-order valence-corrected chi connectivity index (χ1v) is 15.6. The quantitative estimate of drug-likeness (QED) is 0.247. The number of amides is 1. The van der Waals surface area contributed by atoms with E-state index in [9.17, 15) is 34.8 Å². The molecule has 0 unspecified atom stereocenters. The molecule has 1 heterocycles. The van der Waals surface area contributed by atoms with E-state index in [0.29, 0.717) is 27.8 Å². The lowest BCUT2D eigenvalue weighted by atomic mass is 10.2. The molecule has 0 spiro atoms. The Morgan fingerprint density at radius 2 is 1.47 bits per heavy atom. The van der Waals surface area contributed by atoms with Crippen LogP contribution in [0.25, 0.3) is 0 Å². The Labute approximate surface area is 250 Å². The van der Waals surface area contributed by atoms with Crippen LogP contribution in [0.4, 0.5) is 30.5 Å². The third kappa shape index (κ3) is 7.60. The summed E-state index contributed by atoms with van der Waals surface area (Å²) in [6, 6.07) is 15.5. The van der Waals surface area contributed by atoms with Crippen molar-refractivity contribution >= 4 is 54.9 Å². The molecule has 226 valence electrons. The maximum Gasteiger partial charge on any atom is 0.416 e. The van der Waals surface area contributed by atoms with Gasteiger partial charge in [0, 0.05) is 17.1 Å². The Morgan fingerprint density at radius 1 is 0.860 bits per heavy atom. The molecular weight excluding hydrogens is 631 g/mol. The van der Waals surface area contributed by atoms with Crippen molar-refractivity contribution in [2.24, 2.45) is 0 Å². The van der Waals surface area contributed by atoms with Crippen LogP contribution >= 0.6 is 11.6 Å². The van der Waals surface area contributed by atoms with Gasteiger partial charge in [0.2, 0.25) is 11.9 Å². The molecule has 4 rings (SSSR count). The van der Waals surface area contributed by atoms with Crippen LogP contribution < -0.4 is 14.3 Å². The summed E-state index contributed by atoms with van der Waals surface area (Å²) in [6.07, 6.45) is -4.81. The second-order valence-corrected chi connectivity index (χ2v) is 13.1. The zero-order chi connectivity index (χ0) is 31.6. The Hall–Kier alpha value is -4.21. The zero-order valence-corrected chi connectivity index (χ0v) is 24.8. The first-order valence-electron chi connectivity index (χ1n) is 12.3. The van der Waals surface area contributed by atoms with Crippen molar-refractivity contribution in [3.63, 3.8) is 0 Å². The third-order valence-electron chi connectivity index (χ3n) is 5.82. The highest BCUT2D eigenvalue weighted by atomic mass is 35.5. The minimum absolute atomic E-state index is 0.0822. The van der Waals surface area contributed by atoms with Gasteiger partial charge in [-0.25, -0.2) is 31.5 Å². The molecule has 0 bridgehead atoms. The molecule has 0 saturated heterocycles. The molecule has 0 aliphatic rings. The second-order valence-electron chi connectivity index (χ2n) is 9.14. The van der Waals surface area contributed by atoms with Crippen molar-refractivity contribution in [3.05, 3.63) is 101 Å². The van der Waals surface area contributed by atoms with Gasteiger partial charge < -0.3 is 5.32 Å². The third-order valence-corrected chi connectivity index (χ3v) is 9.25. The minimum atomic E-state index is -4.81. The van der Waals surface area contributed by atoms with Crippen molar-refractivity contribution in [1.29, 1.82) is 0 Å². The van der Waals surface area contributed by atoms with Crippen LogP contribution in [0.15, 0.2) is 88.7 Å². The first kappa shape index (κ1) is 31.7. The van der Waals surface area contributed by atoms with Crippen molar-refractivity contribution in [1.82, 2.24) is 9.97 Å². The number of aryl methyl sites for hydroxylation is 2. The van der Waals surface area contributed by atoms with Crippen molar-refractivity contribution in [2.45, 2.75) is 29.8 Å². The fourth-order valence-corrected chi connectivity index (χ4v) is 6.56. The van der Waals surface area contributed by atoms with Crippen LogP contribution in [0, 0.1) is 13.8 Å². The van der Waals surface area contributed by atoms with E-state index in [2.05, 4.69) is 20.0 Å². The van der Waals surface area contributed by atoms with Crippen LogP contribution in [0.5, 0.6) is 0 Å². The van der Waals surface area contributed by atoms with Gasteiger partial charge in [-0.1, -0.05) is 29.8 Å². The number of nitrogens with zero attached hydrogens (tertiary/aromatic N) is 3. The summed E-state index contributed by atoms with van der Waals surface area (Å²) in [7, 11) is -8.67. The second kappa shape index (κ2) is 12.2. The SMILES string of the molecule is Cc1cc(C)nc(NS(=O)(=O)c2ccc(NC(=O)CN(c3cc(C(F)(F)F)ccc3Cl)S(=O)(=O)c3ccccc3)cc2)n1. The molecule has 0 radical (unpaired) electrons. The van der Waals surface area contributed by atoms with E-state index in [1.54, 1.807) is 26.0 Å². The van der Waals surface area contributed by atoms with Crippen LogP contribution in [-0.2, 0) is 31.0 Å². The predicted molar refractivity (Wildman–Crippen MR) is 155 cm³/mol. The van der Waals surface area contributed by atoms with Crippen molar-refractivity contribution in [3.8, 4) is 0 Å². The largest absolute Gasteiger partial charge is 0.416 e. The van der Waals surface area contributed by atoms with Crippen LogP contribution in [0.1, 0.15) is 17.0 Å². The fraction of sp³-hybridized carbons (Fsp3) is 0.148. The maximum atomic E-state index is 13.5. The Bertz CT molecular complexity index is 1850. The van der Waals surface area contributed by atoms with Gasteiger partial charge in [-0.05, 0) is 74.5 Å². The van der Waals surface area contributed by atoms with Gasteiger partial charge >= 0.3 is 6.18 Å². The lowest BCUT2D eigenvalue weighted by Crippen LogP contribution is -2.38. The van der Waals surface area contributed by atoms with Crippen LogP contribution in [0.3, 0.4) is 0 Å². The molecule has 0 fully saturated rings. The molecule has 0 saturated carbocycles. The summed E-state index contributed by atoms with van der Waals surface area (Å²) in [5, 5.41) is 2.09. The highest BCUT2D eigenvalue weighted by Crippen LogP contribution is 2.37. The van der Waals surface area contributed by atoms with Crippen LogP contribution in [0.2, 0.25) is 5.02 Å². The summed E-state index contributed by atoms with van der Waals surface area (Å²) < 4.78 is 95.7. The highest BCUT2D eigenvalue weighted by molar-refractivity contribution is 7.93. The Kier molecular flexibility index (Phi) is 8.99. The normalized spacial score (nSPS) is 12.0. The number of benzene rings is 3. The molecule has 0 atom stereocenters. The lowest BCUT2D eigenvalue weighted by molar-refractivity contribution is -0.137. The lowest BCUT2D eigenvalue weighted by Gasteiger charge is -2.26. The van der Waals surface area contributed by atoms with Crippen LogP contribution in [-0.4, -0.2) is 39.3 Å². The maximum absolute atomic E-state index is 13.5. The van der Waals surface area contributed by atoms with E-state index < -0.39 is 49.9 Å². The molecule has 2 N–H and O–H groups in total. The van der Waals surface area contributed by atoms with Crippen molar-refractivity contribution < 1.29 is 34.8 Å². The van der Waals surface area contributed by atoms with Gasteiger partial charge in [0.1, 0.15) is 6.54 Å². The number of nitrogens with one attached hydrogen (secondary N) is 2. The number of aromatic nitrogens is 2. The average molecular weight is 654 g/mol. The molecule has 10 nitrogen and oxygen atoms in total. The zero-order valence-electron chi connectivity index (χ0n) is 22.4. The smallest absolute Gasteiger partial charge is 0.325 e. The van der Waals surface area contributed by atoms with Crippen molar-refractivity contribution in [2.75, 3.05) is 20.9 Å². The Morgan fingerprint density at radius 3 is 2.05 bits per heavy atom. The summed E-state index contributed by atoms with van der Waals surface area (Å²) in [4.78, 5) is 20.6. The van der Waals surface area contributed by atoms with Gasteiger partial charge in [0.15, 0.2) is 0 Å². The molecule has 0 aliphatic heterocycles. The molecular formula is C27H23ClF3N5O5S2. The summed E-state index contributed by atoms with van der Waals surface area (Å²) in [6.45, 7) is 2.40. The van der Waals surface area contributed by atoms with Gasteiger partial charge in [-0.2, -0.15) is 13.2 Å². The topological polar surface area (TPSA) is 138 Å². The summed E-state index contributed by atoms with van der Waals surface area (Å²) in [5.74, 6) is -1.06. The summed E-state index contributed by atoms with van der Waals surface area (Å²) >= 11 is 6.14. The van der Waals surface area contributed by atoms with E-state index >= 15 is 0 Å². The van der Waals surface area contributed by atoms with Gasteiger partial charge in [-0.15, -0.1) is 0 Å². The van der Waals surface area contributed by atoms with Gasteiger partial charge in [-0.3, -0.25) is 9.10 Å². The van der Waals surface area contributed by atoms with Gasteiger partial charge in [0.25, 0.3) is 20.0 Å². The van der Waals surface area contributed by atoms with E-state index in [1.165, 1.54) is 48.5 Å². The molecule has 3 aromatic carbocycles. The monoisotopic (exact) mass is 653 g/mol. The van der Waals surface area contributed by atoms with Gasteiger partial charge in [0.05, 0.1) is 26.1 Å². The fourth-order valence-electron chi connectivity index (χ4n) is 3.90. The molecule has 16 heteroatoms. The van der Waals surface area contributed by atoms with E-state index in [1.807, 2.05) is 0 Å². The number of hydrogen-bond donors (Lipinski definition) is 2. The number of halogens is 4. The highest BCUT2D eigenvalue weighted by Gasteiger charge is 2.34. The number of sulfonamides is 2. The van der Waals surface area contributed by atoms with E-state index in [4.69, 9.17) is 11.6 Å².